The van der Waals surface area contributed by atoms with Crippen LogP contribution < -0.4 is 0 Å². The number of hydrogen-bond donors (Lipinski definition) is 0. The molecular formula is C54H60. The standard InChI is InChI=1S/C28H26.C10H14.2C8H10/c1-17-5-8-21(9-6-17)19(3)20(4)25-15-12-23-11-14-24-18(2)7-10-22-13-16-26(25)28(23)27(22)24;1-3-4-10-7-5-9(2)6-8-10;2*1-7-3-5-8(2)6-4-7/h5-16,19-20H,1-4H3;5-8H,3-4H2,1-2H3;2*3-6H,1-2H3. The van der Waals surface area contributed by atoms with Crippen LogP contribution in [0.25, 0.3) is 32.3 Å². The molecular weight excluding hydrogens is 649 g/mol. The fraction of sp³-hybridized carbons (Fsp3) is 0.259. The van der Waals surface area contributed by atoms with E-state index < -0.39 is 0 Å². The van der Waals surface area contributed by atoms with Gasteiger partial charge in [0.25, 0.3) is 0 Å². The lowest BCUT2D eigenvalue weighted by Crippen LogP contribution is -2.06. The van der Waals surface area contributed by atoms with Gasteiger partial charge in [-0.25, -0.2) is 0 Å². The minimum atomic E-state index is 0.452. The molecule has 54 heavy (non-hydrogen) atoms. The highest BCUT2D eigenvalue weighted by atomic mass is 14.2. The highest BCUT2D eigenvalue weighted by Gasteiger charge is 2.20. The van der Waals surface area contributed by atoms with Crippen molar-refractivity contribution in [1.82, 2.24) is 0 Å². The number of aryl methyl sites for hydroxylation is 8. The van der Waals surface area contributed by atoms with E-state index in [1.807, 2.05) is 0 Å². The zero-order valence-corrected chi connectivity index (χ0v) is 34.4. The lowest BCUT2D eigenvalue weighted by Gasteiger charge is -2.24. The topological polar surface area (TPSA) is 0 Å². The average Bonchev–Trinajstić information content (AvgIpc) is 3.18. The van der Waals surface area contributed by atoms with E-state index in [0.29, 0.717) is 11.8 Å². The summed E-state index contributed by atoms with van der Waals surface area (Å²) >= 11 is 0. The third-order valence-electron chi connectivity index (χ3n) is 10.9. The summed E-state index contributed by atoms with van der Waals surface area (Å²) in [6, 6.07) is 53.1. The van der Waals surface area contributed by atoms with Gasteiger partial charge in [0.2, 0.25) is 0 Å². The molecule has 0 saturated carbocycles. The maximum atomic E-state index is 2.38. The molecule has 8 aromatic carbocycles. The van der Waals surface area contributed by atoms with Crippen LogP contribution in [0.15, 0.2) is 146 Å². The predicted molar refractivity (Wildman–Crippen MR) is 240 cm³/mol. The maximum absolute atomic E-state index is 2.38. The van der Waals surface area contributed by atoms with E-state index in [-0.39, 0.29) is 0 Å². The first-order chi connectivity index (χ1) is 25.9. The molecule has 0 aliphatic heterocycles. The molecule has 276 valence electrons. The molecule has 2 atom stereocenters. The Bertz CT molecular complexity index is 2250. The molecule has 0 aliphatic carbocycles. The van der Waals surface area contributed by atoms with Crippen molar-refractivity contribution in [1.29, 1.82) is 0 Å². The van der Waals surface area contributed by atoms with E-state index >= 15 is 0 Å². The Morgan fingerprint density at radius 1 is 0.370 bits per heavy atom. The maximum Gasteiger partial charge on any atom is -0.00238 e. The Hall–Kier alpha value is -5.20. The normalized spacial score (nSPS) is 11.9. The van der Waals surface area contributed by atoms with Gasteiger partial charge >= 0.3 is 0 Å². The van der Waals surface area contributed by atoms with E-state index in [1.54, 1.807) is 0 Å². The van der Waals surface area contributed by atoms with Crippen LogP contribution in [-0.2, 0) is 6.42 Å². The average molecular weight is 709 g/mol. The van der Waals surface area contributed by atoms with Crippen molar-refractivity contribution in [3.63, 3.8) is 0 Å². The molecule has 0 saturated heterocycles. The van der Waals surface area contributed by atoms with Crippen LogP contribution >= 0.6 is 0 Å². The first-order valence-corrected chi connectivity index (χ1v) is 19.8. The van der Waals surface area contributed by atoms with Crippen LogP contribution in [0.3, 0.4) is 0 Å². The Morgan fingerprint density at radius 2 is 0.741 bits per heavy atom. The van der Waals surface area contributed by atoms with Crippen LogP contribution in [0.5, 0.6) is 0 Å². The third-order valence-corrected chi connectivity index (χ3v) is 10.9. The Kier molecular flexibility index (Phi) is 13.9. The minimum absolute atomic E-state index is 0.452. The summed E-state index contributed by atoms with van der Waals surface area (Å²) in [7, 11) is 0. The van der Waals surface area contributed by atoms with Crippen molar-refractivity contribution >= 4 is 32.3 Å². The summed E-state index contributed by atoms with van der Waals surface area (Å²) in [5, 5.41) is 8.33. The second kappa shape index (κ2) is 18.7. The van der Waals surface area contributed by atoms with E-state index in [9.17, 15) is 0 Å². The van der Waals surface area contributed by atoms with E-state index in [1.165, 1.54) is 101 Å². The van der Waals surface area contributed by atoms with Gasteiger partial charge in [0.05, 0.1) is 0 Å². The Balaban J connectivity index is 0.000000175. The second-order valence-electron chi connectivity index (χ2n) is 15.5. The molecule has 0 N–H and O–H groups in total. The Morgan fingerprint density at radius 3 is 1.20 bits per heavy atom. The van der Waals surface area contributed by atoms with Gasteiger partial charge < -0.3 is 0 Å². The van der Waals surface area contributed by atoms with Gasteiger partial charge in [0.1, 0.15) is 0 Å². The fourth-order valence-corrected chi connectivity index (χ4v) is 7.11. The third kappa shape index (κ3) is 10.3. The molecule has 0 aromatic heterocycles. The van der Waals surface area contributed by atoms with Crippen molar-refractivity contribution in [3.05, 3.63) is 201 Å². The summed E-state index contributed by atoms with van der Waals surface area (Å²) in [6.45, 7) is 21.8. The fourth-order valence-electron chi connectivity index (χ4n) is 7.11. The molecule has 2 unspecified atom stereocenters. The molecule has 0 bridgehead atoms. The van der Waals surface area contributed by atoms with Gasteiger partial charge in [-0.2, -0.15) is 0 Å². The number of rotatable bonds is 5. The summed E-state index contributed by atoms with van der Waals surface area (Å²) < 4.78 is 0. The van der Waals surface area contributed by atoms with Crippen molar-refractivity contribution < 1.29 is 0 Å². The summed E-state index contributed by atoms with van der Waals surface area (Å²) in [6.07, 6.45) is 2.45. The quantitative estimate of drug-likeness (QED) is 0.156. The number of benzene rings is 8. The van der Waals surface area contributed by atoms with Gasteiger partial charge in [-0.05, 0) is 121 Å². The van der Waals surface area contributed by atoms with E-state index in [4.69, 9.17) is 0 Å². The largest absolute Gasteiger partial charge is 0.0651 e. The number of hydrogen-bond acceptors (Lipinski definition) is 0. The van der Waals surface area contributed by atoms with Crippen molar-refractivity contribution in [2.75, 3.05) is 0 Å². The Labute approximate surface area is 326 Å². The molecule has 0 spiro atoms. The molecule has 0 aliphatic rings. The molecule has 0 amide bonds. The van der Waals surface area contributed by atoms with Crippen LogP contribution in [0.2, 0.25) is 0 Å². The zero-order chi connectivity index (χ0) is 38.8. The first kappa shape index (κ1) is 40.0. The van der Waals surface area contributed by atoms with Crippen molar-refractivity contribution in [2.24, 2.45) is 0 Å². The van der Waals surface area contributed by atoms with Crippen molar-refractivity contribution in [3.8, 4) is 0 Å². The molecule has 0 radical (unpaired) electrons. The van der Waals surface area contributed by atoms with Gasteiger partial charge in [0, 0.05) is 0 Å². The van der Waals surface area contributed by atoms with Gasteiger partial charge in [-0.15, -0.1) is 0 Å². The van der Waals surface area contributed by atoms with Crippen molar-refractivity contribution in [2.45, 2.75) is 93.9 Å². The summed E-state index contributed by atoms with van der Waals surface area (Å²) in [5.41, 5.74) is 13.7. The monoisotopic (exact) mass is 708 g/mol. The van der Waals surface area contributed by atoms with Gasteiger partial charge in [-0.3, -0.25) is 0 Å². The predicted octanol–water partition coefficient (Wildman–Crippen LogP) is 15.7. The van der Waals surface area contributed by atoms with Crippen LogP contribution in [0, 0.1) is 48.5 Å². The lowest BCUT2D eigenvalue weighted by atomic mass is 9.80. The smallest absolute Gasteiger partial charge is 0.00238 e. The van der Waals surface area contributed by atoms with Crippen LogP contribution in [-0.4, -0.2) is 0 Å². The summed E-state index contributed by atoms with van der Waals surface area (Å²) in [5.74, 6) is 0.925. The van der Waals surface area contributed by atoms with Crippen LogP contribution in [0.4, 0.5) is 0 Å². The van der Waals surface area contributed by atoms with Crippen LogP contribution in [0.1, 0.15) is 94.7 Å². The molecule has 0 heteroatoms. The molecule has 0 fully saturated rings. The zero-order valence-electron chi connectivity index (χ0n) is 34.4. The van der Waals surface area contributed by atoms with E-state index in [0.717, 1.165) is 0 Å². The van der Waals surface area contributed by atoms with E-state index in [2.05, 4.69) is 215 Å². The molecule has 0 heterocycles. The second-order valence-corrected chi connectivity index (χ2v) is 15.5. The molecule has 8 rings (SSSR count). The van der Waals surface area contributed by atoms with Gasteiger partial charge in [0.15, 0.2) is 0 Å². The first-order valence-electron chi connectivity index (χ1n) is 19.8. The SMILES string of the molecule is CCCc1ccc(C)cc1.Cc1ccc(C(C)C(C)c2ccc3ccc4c(C)ccc5ccc2c3c54)cc1.Cc1ccc(C)cc1.Cc1ccc(C)cc1. The highest BCUT2D eigenvalue weighted by Crippen LogP contribution is 2.42. The summed E-state index contributed by atoms with van der Waals surface area (Å²) in [4.78, 5) is 0. The van der Waals surface area contributed by atoms with Gasteiger partial charge in [-0.1, -0.05) is 206 Å². The molecule has 8 aromatic rings. The minimum Gasteiger partial charge on any atom is -0.0651 e. The highest BCUT2D eigenvalue weighted by molar-refractivity contribution is 6.24. The molecule has 0 nitrogen and oxygen atoms in total. The lowest BCUT2D eigenvalue weighted by molar-refractivity contribution is 0.628.